The molecule has 7 nitrogen and oxygen atoms in total. The molecule has 1 aliphatic heterocycles. The van der Waals surface area contributed by atoms with Crippen LogP contribution >= 0.6 is 11.8 Å². The maximum absolute atomic E-state index is 12.4. The van der Waals surface area contributed by atoms with Crippen LogP contribution in [0.15, 0.2) is 0 Å². The summed E-state index contributed by atoms with van der Waals surface area (Å²) in [5.74, 6) is -0.0549. The Balaban J connectivity index is 2.03. The fourth-order valence-electron chi connectivity index (χ4n) is 2.64. The normalized spacial score (nSPS) is 18.0. The Labute approximate surface area is 179 Å². The van der Waals surface area contributed by atoms with Gasteiger partial charge in [0.2, 0.25) is 11.8 Å². The molecule has 0 aromatic rings. The molecular formula is C21H37NO6S. The summed E-state index contributed by atoms with van der Waals surface area (Å²) < 4.78 is 16.2. The van der Waals surface area contributed by atoms with E-state index in [1.807, 2.05) is 41.5 Å². The topological polar surface area (TPSA) is 82.1 Å². The molecule has 1 heterocycles. The van der Waals surface area contributed by atoms with Crippen LogP contribution in [0.3, 0.4) is 0 Å². The Kier molecular flexibility index (Phi) is 10.8. The fourth-order valence-corrected chi connectivity index (χ4v) is 3.95. The first-order chi connectivity index (χ1) is 13.4. The fraction of sp³-hybridized carbons (Fsp3) is 0.857. The number of hydrogen-bond acceptors (Lipinski definition) is 7. The third-order valence-corrected chi connectivity index (χ3v) is 5.57. The Morgan fingerprint density at radius 1 is 0.931 bits per heavy atom. The quantitative estimate of drug-likeness (QED) is 0.327. The molecule has 1 rings (SSSR count). The number of imide groups is 1. The summed E-state index contributed by atoms with van der Waals surface area (Å²) in [5.41, 5.74) is -0.326. The highest BCUT2D eigenvalue weighted by atomic mass is 32.2. The molecule has 1 saturated heterocycles. The minimum atomic E-state index is -0.326. The van der Waals surface area contributed by atoms with Crippen LogP contribution in [0.2, 0.25) is 0 Å². The largest absolute Gasteiger partial charge is 0.379 e. The lowest BCUT2D eigenvalue weighted by molar-refractivity contribution is -0.139. The number of hydrogen-bond donors (Lipinski definition) is 0. The molecule has 0 aromatic carbocycles. The van der Waals surface area contributed by atoms with Gasteiger partial charge in [0.15, 0.2) is 0 Å². The van der Waals surface area contributed by atoms with Crippen molar-refractivity contribution in [3.8, 4) is 0 Å². The van der Waals surface area contributed by atoms with Crippen molar-refractivity contribution in [2.24, 2.45) is 5.41 Å². The summed E-state index contributed by atoms with van der Waals surface area (Å²) in [6.45, 7) is 14.5. The zero-order valence-corrected chi connectivity index (χ0v) is 19.6. The maximum Gasteiger partial charge on any atom is 0.242 e. The van der Waals surface area contributed by atoms with Crippen LogP contribution in [-0.2, 0) is 28.6 Å². The number of nitrogens with zero attached hydrogens (tertiary/aromatic N) is 1. The molecule has 1 unspecified atom stereocenters. The molecule has 0 spiro atoms. The van der Waals surface area contributed by atoms with Gasteiger partial charge in [-0.1, -0.05) is 41.5 Å². The van der Waals surface area contributed by atoms with Crippen LogP contribution in [-0.4, -0.2) is 78.7 Å². The average Bonchev–Trinajstić information content (AvgIpc) is 2.83. The monoisotopic (exact) mass is 431 g/mol. The number of ether oxygens (including phenoxy) is 3. The third-order valence-electron chi connectivity index (χ3n) is 4.21. The van der Waals surface area contributed by atoms with E-state index in [1.54, 1.807) is 0 Å². The molecule has 0 bridgehead atoms. The predicted molar refractivity (Wildman–Crippen MR) is 114 cm³/mol. The van der Waals surface area contributed by atoms with Gasteiger partial charge in [-0.05, 0) is 0 Å². The van der Waals surface area contributed by atoms with E-state index in [0.29, 0.717) is 46.1 Å². The van der Waals surface area contributed by atoms with Crippen molar-refractivity contribution in [1.29, 1.82) is 0 Å². The lowest BCUT2D eigenvalue weighted by Crippen LogP contribution is -2.35. The lowest BCUT2D eigenvalue weighted by Gasteiger charge is -2.21. The van der Waals surface area contributed by atoms with Crippen molar-refractivity contribution in [2.75, 3.05) is 46.2 Å². The van der Waals surface area contributed by atoms with Gasteiger partial charge in [0.25, 0.3) is 0 Å². The van der Waals surface area contributed by atoms with E-state index >= 15 is 0 Å². The van der Waals surface area contributed by atoms with E-state index < -0.39 is 0 Å². The number of Topliss-reactive ketones (excluding diaryl/α,β-unsaturated/α-hetero) is 1. The molecular weight excluding hydrogens is 394 g/mol. The smallest absolute Gasteiger partial charge is 0.242 e. The van der Waals surface area contributed by atoms with Gasteiger partial charge in [-0.25, -0.2) is 0 Å². The number of likely N-dealkylation sites (tertiary alicyclic amines) is 1. The molecule has 1 fully saturated rings. The number of thioether (sulfide) groups is 1. The summed E-state index contributed by atoms with van der Waals surface area (Å²) >= 11 is 1.54. The van der Waals surface area contributed by atoms with Gasteiger partial charge in [0, 0.05) is 23.0 Å². The average molecular weight is 432 g/mol. The minimum absolute atomic E-state index is 0.0592. The number of amides is 2. The summed E-state index contributed by atoms with van der Waals surface area (Å²) in [5, 5.41) is -0.287. The molecule has 1 aliphatic rings. The lowest BCUT2D eigenvalue weighted by atomic mass is 9.89. The van der Waals surface area contributed by atoms with Crippen LogP contribution in [0.1, 0.15) is 54.4 Å². The highest BCUT2D eigenvalue weighted by Gasteiger charge is 2.40. The molecule has 8 heteroatoms. The first kappa shape index (κ1) is 26.1. The van der Waals surface area contributed by atoms with Crippen LogP contribution in [0, 0.1) is 5.41 Å². The highest BCUT2D eigenvalue weighted by molar-refractivity contribution is 8.01. The van der Waals surface area contributed by atoms with Crippen LogP contribution in [0.4, 0.5) is 0 Å². The van der Waals surface area contributed by atoms with Crippen molar-refractivity contribution in [2.45, 2.75) is 64.4 Å². The second-order valence-corrected chi connectivity index (χ2v) is 11.1. The summed E-state index contributed by atoms with van der Waals surface area (Å²) in [4.78, 5) is 37.4. The number of rotatable bonds is 13. The number of carbonyl (C=O) groups excluding carboxylic acids is 3. The number of ketones is 1. The van der Waals surface area contributed by atoms with Gasteiger partial charge in [-0.2, -0.15) is 0 Å². The number of carbonyl (C=O) groups is 3. The molecule has 1 atom stereocenters. The minimum Gasteiger partial charge on any atom is -0.379 e. The highest BCUT2D eigenvalue weighted by Crippen LogP contribution is 2.34. The maximum atomic E-state index is 12.4. The molecule has 2 amide bonds. The third kappa shape index (κ3) is 10.6. The summed E-state index contributed by atoms with van der Waals surface area (Å²) in [7, 11) is 0. The Bertz CT molecular complexity index is 552. The Hall–Kier alpha value is -0.960. The zero-order chi connectivity index (χ0) is 22.1. The van der Waals surface area contributed by atoms with E-state index in [0.717, 1.165) is 0 Å². The molecule has 0 saturated carbocycles. The first-order valence-electron chi connectivity index (χ1n) is 10.2. The Morgan fingerprint density at radius 2 is 1.45 bits per heavy atom. The second-order valence-electron chi connectivity index (χ2n) is 9.07. The van der Waals surface area contributed by atoms with Crippen molar-refractivity contribution >= 4 is 29.4 Å². The molecule has 0 radical (unpaired) electrons. The molecule has 29 heavy (non-hydrogen) atoms. The van der Waals surface area contributed by atoms with Crippen molar-refractivity contribution < 1.29 is 28.6 Å². The molecule has 168 valence electrons. The van der Waals surface area contributed by atoms with E-state index in [2.05, 4.69) is 0 Å². The predicted octanol–water partition coefficient (Wildman–Crippen LogP) is 2.70. The van der Waals surface area contributed by atoms with Crippen molar-refractivity contribution in [1.82, 2.24) is 4.90 Å². The van der Waals surface area contributed by atoms with E-state index in [-0.39, 0.29) is 46.0 Å². The van der Waals surface area contributed by atoms with Gasteiger partial charge in [-0.15, -0.1) is 11.8 Å². The van der Waals surface area contributed by atoms with E-state index in [1.165, 1.54) is 16.7 Å². The van der Waals surface area contributed by atoms with Crippen molar-refractivity contribution in [3.05, 3.63) is 0 Å². The van der Waals surface area contributed by atoms with Crippen LogP contribution in [0.25, 0.3) is 0 Å². The van der Waals surface area contributed by atoms with Gasteiger partial charge in [-0.3, -0.25) is 19.3 Å². The first-order valence-corrected chi connectivity index (χ1v) is 11.1. The van der Waals surface area contributed by atoms with Crippen LogP contribution < -0.4 is 0 Å². The SMILES string of the molecule is CC(C)(C)SC1CC(=O)N(CCOCCOCCOCCC(=O)C(C)(C)C)C1=O. The summed E-state index contributed by atoms with van der Waals surface area (Å²) in [6, 6.07) is 0. The molecule has 0 aromatic heterocycles. The second kappa shape index (κ2) is 12.0. The Morgan fingerprint density at radius 3 is 1.97 bits per heavy atom. The summed E-state index contributed by atoms with van der Waals surface area (Å²) in [6.07, 6.45) is 0.681. The van der Waals surface area contributed by atoms with Gasteiger partial charge in [0.1, 0.15) is 5.78 Å². The van der Waals surface area contributed by atoms with E-state index in [4.69, 9.17) is 14.2 Å². The van der Waals surface area contributed by atoms with E-state index in [9.17, 15) is 14.4 Å². The van der Waals surface area contributed by atoms with Gasteiger partial charge >= 0.3 is 0 Å². The van der Waals surface area contributed by atoms with Gasteiger partial charge in [0.05, 0.1) is 51.4 Å². The molecule has 0 aliphatic carbocycles. The van der Waals surface area contributed by atoms with Gasteiger partial charge < -0.3 is 14.2 Å². The standard InChI is InChI=1S/C21H37NO6S/c1-20(2,3)17(23)7-9-26-11-13-28-14-12-27-10-8-22-18(24)15-16(19(22)25)29-21(4,5)6/h16H,7-15H2,1-6H3. The van der Waals surface area contributed by atoms with Crippen molar-refractivity contribution in [3.63, 3.8) is 0 Å². The van der Waals surface area contributed by atoms with Crippen LogP contribution in [0.5, 0.6) is 0 Å². The molecule has 0 N–H and O–H groups in total. The zero-order valence-electron chi connectivity index (χ0n) is 18.7.